The Bertz CT molecular complexity index is 3050. The third-order valence-electron chi connectivity index (χ3n) is 15.4. The second kappa shape index (κ2) is 26.3. The monoisotopic (exact) mass is 1140 g/mol. The van der Waals surface area contributed by atoms with Crippen LogP contribution in [0.2, 0.25) is 0 Å². The van der Waals surface area contributed by atoms with E-state index in [9.17, 15) is 24.0 Å². The maximum absolute atomic E-state index is 11.9. The molecular weight excluding hydrogens is 1050 g/mol. The summed E-state index contributed by atoms with van der Waals surface area (Å²) >= 11 is 6.10. The van der Waals surface area contributed by atoms with Crippen molar-refractivity contribution >= 4 is 41.4 Å². The minimum absolute atomic E-state index is 0.0912. The summed E-state index contributed by atoms with van der Waals surface area (Å²) < 4.78 is 25.9. The van der Waals surface area contributed by atoms with Crippen molar-refractivity contribution in [2.24, 2.45) is 32.8 Å². The summed E-state index contributed by atoms with van der Waals surface area (Å²) in [5, 5.41) is 12.7. The topological polar surface area (TPSA) is 215 Å². The average molecular weight is 1140 g/mol. The summed E-state index contributed by atoms with van der Waals surface area (Å²) in [7, 11) is 0. The number of allylic oxidation sites excluding steroid dienone is 3. The van der Waals surface area contributed by atoms with Crippen molar-refractivity contribution < 1.29 is 42.9 Å². The van der Waals surface area contributed by atoms with Gasteiger partial charge in [0.05, 0.1) is 32.5 Å². The maximum Gasteiger partial charge on any atom is 0.354 e. The number of hydrogen-bond acceptors (Lipinski definition) is 11. The first-order valence-corrected chi connectivity index (χ1v) is 29.3. The number of fused-ring (bicyclic) bond motifs is 6. The molecule has 4 N–H and O–H groups in total. The van der Waals surface area contributed by atoms with Crippen molar-refractivity contribution in [3.05, 3.63) is 115 Å². The zero-order valence-corrected chi connectivity index (χ0v) is 51.6. The number of rotatable bonds is 12. The van der Waals surface area contributed by atoms with Gasteiger partial charge in [-0.3, -0.25) is 4.79 Å². The zero-order valence-electron chi connectivity index (χ0n) is 50.8. The first-order valence-electron chi connectivity index (χ1n) is 28.9. The molecular formula is C64H90ClN7O9. The number of aromatic nitrogens is 4. The molecule has 0 atom stereocenters. The highest BCUT2D eigenvalue weighted by molar-refractivity contribution is 6.30. The lowest BCUT2D eigenvalue weighted by molar-refractivity contribution is -0.137. The molecule has 16 nitrogen and oxygen atoms in total. The van der Waals surface area contributed by atoms with Crippen LogP contribution in [0.3, 0.4) is 0 Å². The van der Waals surface area contributed by atoms with Gasteiger partial charge in [-0.15, -0.1) is 0 Å². The third-order valence-corrected chi connectivity index (χ3v) is 15.8. The van der Waals surface area contributed by atoms with Gasteiger partial charge in [0.25, 0.3) is 5.91 Å². The van der Waals surface area contributed by atoms with Crippen LogP contribution in [0.4, 0.5) is 0 Å². The number of amides is 1. The smallest absolute Gasteiger partial charge is 0.354 e. The van der Waals surface area contributed by atoms with Crippen LogP contribution < -0.4 is 11.1 Å². The minimum Gasteiger partial charge on any atom is -0.463 e. The van der Waals surface area contributed by atoms with Gasteiger partial charge in [-0.25, -0.2) is 19.2 Å². The van der Waals surface area contributed by atoms with Crippen LogP contribution >= 0.6 is 11.6 Å². The fourth-order valence-electron chi connectivity index (χ4n) is 12.3. The van der Waals surface area contributed by atoms with Crippen molar-refractivity contribution in [2.75, 3.05) is 39.5 Å². The Balaban J connectivity index is 0.000000163. The molecule has 5 heterocycles. The maximum atomic E-state index is 11.9. The second-order valence-electron chi connectivity index (χ2n) is 26.0. The van der Waals surface area contributed by atoms with Gasteiger partial charge in [0.15, 0.2) is 0 Å². The number of nitrogens with zero attached hydrogens (tertiary/aromatic N) is 4. The van der Waals surface area contributed by atoms with Crippen molar-refractivity contribution in [2.45, 2.75) is 181 Å². The minimum atomic E-state index is -0.333. The molecule has 4 aromatic rings. The molecule has 0 bridgehead atoms. The predicted molar refractivity (Wildman–Crippen MR) is 315 cm³/mol. The van der Waals surface area contributed by atoms with Crippen LogP contribution in [0.1, 0.15) is 197 Å². The Morgan fingerprint density at radius 2 is 1.11 bits per heavy atom. The number of halogens is 1. The summed E-state index contributed by atoms with van der Waals surface area (Å²) in [4.78, 5) is 61.1. The van der Waals surface area contributed by atoms with E-state index in [4.69, 9.17) is 41.5 Å². The first-order chi connectivity index (χ1) is 38.0. The molecule has 0 fully saturated rings. The van der Waals surface area contributed by atoms with Gasteiger partial charge in [-0.1, -0.05) is 86.9 Å². The molecule has 0 aromatic carbocycles. The molecule has 0 saturated heterocycles. The van der Waals surface area contributed by atoms with E-state index in [1.165, 1.54) is 45.4 Å². The van der Waals surface area contributed by atoms with Gasteiger partial charge in [-0.2, -0.15) is 5.26 Å². The number of hydrogen-bond donors (Lipinski definition) is 3. The number of carbonyl (C=O) groups is 5. The standard InChI is InChI=1S/C14H22N2O2.C14H18N2O2.C12H17ClO2.C12H16N2O.C12H17NO2/c2*1-4-18-13(17)11-7-10-8-14(2,3)9-12(10)16(11)6-5-15;1-4-15-11(14)6-5-9-7-12(2,3)8-10(9)13;1-12(2)6-8-5-9-11(15)13-3-4-14(9)10(8)7-12;1-4-15-11(14)9-5-8-6-12(2,3)7-10(8)13-9/h7H,4-6,8-9,15H2,1-3H3;7H,4,6,8-9H2,1-3H3;5-6H,4,7-8H2,1-3H3;5H,3-4,6-7H2,1-2H3,(H,13,15);5,13H,4,6-7H2,1-3H3/b;;6-5+;;. The van der Waals surface area contributed by atoms with Gasteiger partial charge >= 0.3 is 23.9 Å². The van der Waals surface area contributed by atoms with Gasteiger partial charge in [-0.05, 0) is 171 Å². The number of ether oxygens (including phenoxy) is 4. The van der Waals surface area contributed by atoms with E-state index < -0.39 is 0 Å². The number of carbonyl (C=O) groups excluding carboxylic acids is 5. The van der Waals surface area contributed by atoms with E-state index in [0.29, 0.717) is 67.4 Å². The molecule has 5 aliphatic carbocycles. The van der Waals surface area contributed by atoms with Crippen molar-refractivity contribution in [3.63, 3.8) is 0 Å². The largest absolute Gasteiger partial charge is 0.463 e. The lowest BCUT2D eigenvalue weighted by atomic mass is 9.89. The number of aromatic amines is 1. The normalized spacial score (nSPS) is 18.3. The quantitative estimate of drug-likeness (QED) is 0.0689. The number of nitriles is 1. The van der Waals surface area contributed by atoms with Crippen LogP contribution in [0.15, 0.2) is 47.0 Å². The SMILES string of the molecule is CC1(C)Cc2cc3n(c2C1)CCNC3=O.CCOC(=O)/C=C/C1=C(Cl)CC(C)(C)C1.CCOC(=O)c1cc2c([nH]1)CC(C)(C)C2.CCOC(=O)c1cc2c(n1CC#N)CC(C)(C)C2.CCOC(=O)c1cc2c(n1CCN)CC(C)(C)C2. The molecule has 442 valence electrons. The van der Waals surface area contributed by atoms with E-state index in [2.05, 4.69) is 96.2 Å². The van der Waals surface area contributed by atoms with Crippen molar-refractivity contribution in [1.29, 1.82) is 5.26 Å². The molecule has 0 saturated carbocycles. The van der Waals surface area contributed by atoms with Crippen LogP contribution in [-0.4, -0.2) is 88.0 Å². The van der Waals surface area contributed by atoms with Crippen molar-refractivity contribution in [1.82, 2.24) is 24.0 Å². The molecule has 0 radical (unpaired) electrons. The zero-order chi connectivity index (χ0) is 59.8. The summed E-state index contributed by atoms with van der Waals surface area (Å²) in [6, 6.07) is 10.0. The second-order valence-corrected chi connectivity index (χ2v) is 26.5. The van der Waals surface area contributed by atoms with E-state index in [-0.39, 0.29) is 52.6 Å². The van der Waals surface area contributed by atoms with Crippen LogP contribution in [0, 0.1) is 38.4 Å². The first kappa shape index (κ1) is 63.9. The Hall–Kier alpha value is -6.31. The molecule has 1 aliphatic heterocycles. The predicted octanol–water partition coefficient (Wildman–Crippen LogP) is 11.2. The molecule has 1 amide bonds. The number of nitrogens with two attached hydrogens (primary N) is 1. The number of H-pyrrole nitrogens is 1. The highest BCUT2D eigenvalue weighted by Gasteiger charge is 2.37. The molecule has 81 heavy (non-hydrogen) atoms. The van der Waals surface area contributed by atoms with Crippen LogP contribution in [0.25, 0.3) is 0 Å². The lowest BCUT2D eigenvalue weighted by Gasteiger charge is -2.21. The van der Waals surface area contributed by atoms with Gasteiger partial charge in [0.2, 0.25) is 0 Å². The summed E-state index contributed by atoms with van der Waals surface area (Å²) in [5.74, 6) is -1.03. The van der Waals surface area contributed by atoms with Crippen LogP contribution in [-0.2, 0) is 94.7 Å². The Morgan fingerprint density at radius 1 is 0.630 bits per heavy atom. The Labute approximate surface area is 485 Å². The molecule has 0 spiro atoms. The van der Waals surface area contributed by atoms with Gasteiger partial charge < -0.3 is 48.7 Å². The highest BCUT2D eigenvalue weighted by atomic mass is 35.5. The van der Waals surface area contributed by atoms with E-state index >= 15 is 0 Å². The van der Waals surface area contributed by atoms with Crippen LogP contribution in [0.5, 0.6) is 0 Å². The summed E-state index contributed by atoms with van der Waals surface area (Å²) in [6.45, 7) is 34.3. The fourth-order valence-corrected chi connectivity index (χ4v) is 12.8. The Morgan fingerprint density at radius 3 is 1.62 bits per heavy atom. The molecule has 6 aliphatic rings. The molecule has 4 aromatic heterocycles. The van der Waals surface area contributed by atoms with E-state index in [0.717, 1.165) is 99.3 Å². The average Bonchev–Trinajstić information content (AvgIpc) is 4.48. The third kappa shape index (κ3) is 16.2. The summed E-state index contributed by atoms with van der Waals surface area (Å²) in [6.07, 6.45) is 13.2. The Kier molecular flexibility index (Phi) is 20.7. The molecule has 0 unspecified atom stereocenters. The van der Waals surface area contributed by atoms with Gasteiger partial charge in [0, 0.05) is 60.1 Å². The molecule has 17 heteroatoms. The van der Waals surface area contributed by atoms with E-state index in [1.807, 2.05) is 41.2 Å². The highest BCUT2D eigenvalue weighted by Crippen LogP contribution is 2.44. The lowest BCUT2D eigenvalue weighted by Crippen LogP contribution is -2.35. The number of nitrogens with one attached hydrogen (secondary N) is 2. The van der Waals surface area contributed by atoms with Gasteiger partial charge in [0.1, 0.15) is 29.3 Å². The van der Waals surface area contributed by atoms with E-state index in [1.54, 1.807) is 19.9 Å². The van der Waals surface area contributed by atoms with Crippen molar-refractivity contribution in [3.8, 4) is 6.07 Å². The fraction of sp³-hybridized carbons (Fsp3) is 0.594. The number of esters is 4. The molecule has 10 rings (SSSR count). The summed E-state index contributed by atoms with van der Waals surface area (Å²) in [5.41, 5.74) is 20.8.